The topological polar surface area (TPSA) is 208 Å². The number of hydrogen-bond acceptors (Lipinski definition) is 14. The first-order valence-electron chi connectivity index (χ1n) is 25.5. The highest BCUT2D eigenvalue weighted by Crippen LogP contribution is 2.15. The highest BCUT2D eigenvalue weighted by molar-refractivity contribution is 4.75. The Bertz CT molecular complexity index is 1010. The van der Waals surface area contributed by atoms with E-state index in [0.717, 1.165) is 45.4 Å². The molecule has 8 atom stereocenters. The van der Waals surface area contributed by atoms with Gasteiger partial charge in [0.05, 0.1) is 42.7 Å². The molecular weight excluding hydrogens is 801 g/mol. The lowest BCUT2D eigenvalue weighted by Gasteiger charge is -2.28. The van der Waals surface area contributed by atoms with Crippen LogP contribution in [-0.4, -0.2) is 196 Å². The molecule has 0 aromatic heterocycles. The van der Waals surface area contributed by atoms with Crippen LogP contribution in [0, 0.1) is 23.7 Å². The standard InChI is InChI=1S/C49H106N6O8/c1-37(2)29-42(56)15-11-17-44(58)33-54(34-47(61)20-14-22-49(63)52-25-28-53(31-38(3)4)32-39(5)6)26-23-50-30-43(57)16-12-18-45(59)35-55(27-24-51-41(9)10)36-46(60)19-13-21-48(62)40(7)8/h37-52,56-63H,11-36H2,1-10H3. The van der Waals surface area contributed by atoms with E-state index in [9.17, 15) is 40.9 Å². The van der Waals surface area contributed by atoms with E-state index in [1.165, 1.54) is 0 Å². The van der Waals surface area contributed by atoms with E-state index >= 15 is 0 Å². The van der Waals surface area contributed by atoms with Crippen molar-refractivity contribution in [2.45, 2.75) is 208 Å². The van der Waals surface area contributed by atoms with Crippen molar-refractivity contribution in [1.29, 1.82) is 0 Å². The zero-order valence-electron chi connectivity index (χ0n) is 42.3. The van der Waals surface area contributed by atoms with Gasteiger partial charge in [0.25, 0.3) is 0 Å². The van der Waals surface area contributed by atoms with Gasteiger partial charge >= 0.3 is 0 Å². The van der Waals surface area contributed by atoms with Crippen molar-refractivity contribution in [2.24, 2.45) is 23.7 Å². The predicted molar refractivity (Wildman–Crippen MR) is 261 cm³/mol. The van der Waals surface area contributed by atoms with Gasteiger partial charge in [0.1, 0.15) is 6.23 Å². The first kappa shape index (κ1) is 62.4. The van der Waals surface area contributed by atoms with Gasteiger partial charge in [-0.05, 0) is 107 Å². The van der Waals surface area contributed by atoms with E-state index in [0.29, 0.717) is 147 Å². The van der Waals surface area contributed by atoms with E-state index in [1.54, 1.807) is 0 Å². The second kappa shape index (κ2) is 38.4. The van der Waals surface area contributed by atoms with Gasteiger partial charge in [0, 0.05) is 91.1 Å². The van der Waals surface area contributed by atoms with E-state index in [1.807, 2.05) is 13.8 Å². The van der Waals surface area contributed by atoms with Gasteiger partial charge < -0.3 is 56.4 Å². The number of rotatable bonds is 44. The molecule has 0 bridgehead atoms. The maximum Gasteiger partial charge on any atom is 0.104 e. The van der Waals surface area contributed by atoms with Gasteiger partial charge in [-0.25, -0.2) is 0 Å². The quantitative estimate of drug-likeness (QED) is 0.0312. The van der Waals surface area contributed by atoms with Crippen molar-refractivity contribution in [3.63, 3.8) is 0 Å². The Balaban J connectivity index is 4.96. The van der Waals surface area contributed by atoms with Crippen molar-refractivity contribution in [2.75, 3.05) is 85.1 Å². The zero-order valence-corrected chi connectivity index (χ0v) is 42.3. The second-order valence-corrected chi connectivity index (χ2v) is 20.9. The number of nitrogens with one attached hydrogen (secondary N) is 3. The third-order valence-electron chi connectivity index (χ3n) is 11.6. The smallest absolute Gasteiger partial charge is 0.104 e. The van der Waals surface area contributed by atoms with Crippen LogP contribution in [0.3, 0.4) is 0 Å². The summed E-state index contributed by atoms with van der Waals surface area (Å²) in [7, 11) is 0. The first-order chi connectivity index (χ1) is 29.7. The van der Waals surface area contributed by atoms with Crippen LogP contribution >= 0.6 is 0 Å². The molecule has 0 saturated carbocycles. The third-order valence-corrected chi connectivity index (χ3v) is 11.6. The first-order valence-corrected chi connectivity index (χ1v) is 25.5. The van der Waals surface area contributed by atoms with E-state index in [-0.39, 0.29) is 18.1 Å². The summed E-state index contributed by atoms with van der Waals surface area (Å²) < 4.78 is 0. The molecule has 0 radical (unpaired) electrons. The van der Waals surface area contributed by atoms with Gasteiger partial charge in [-0.15, -0.1) is 0 Å². The third kappa shape index (κ3) is 39.2. The summed E-state index contributed by atoms with van der Waals surface area (Å²) in [5, 5.41) is 95.5. The van der Waals surface area contributed by atoms with Gasteiger partial charge in [0.2, 0.25) is 0 Å². The molecule has 14 heteroatoms. The Morgan fingerprint density at radius 2 is 0.762 bits per heavy atom. The SMILES string of the molecule is CC(C)CC(O)CCCC(O)CN(CCNCC(O)CCCC(O)CN(CCNC(C)C)CC(O)CCCC(O)C(C)C)CC(O)CCCC(O)NCCN(CC(C)C)CC(C)C. The highest BCUT2D eigenvalue weighted by Gasteiger charge is 2.20. The minimum absolute atomic E-state index is 0.199. The molecule has 0 saturated heterocycles. The summed E-state index contributed by atoms with van der Waals surface area (Å²) >= 11 is 0. The number of aliphatic hydroxyl groups is 8. The molecule has 14 nitrogen and oxygen atoms in total. The fourth-order valence-corrected chi connectivity index (χ4v) is 8.26. The largest absolute Gasteiger partial charge is 0.393 e. The van der Waals surface area contributed by atoms with Crippen LogP contribution < -0.4 is 16.0 Å². The van der Waals surface area contributed by atoms with Crippen LogP contribution in [0.2, 0.25) is 0 Å². The Kier molecular flexibility index (Phi) is 38.1. The van der Waals surface area contributed by atoms with Crippen LogP contribution in [-0.2, 0) is 0 Å². The maximum absolute atomic E-state index is 11.0. The Hall–Kier alpha value is -0.560. The molecule has 0 aliphatic carbocycles. The minimum atomic E-state index is -0.628. The van der Waals surface area contributed by atoms with E-state index < -0.39 is 36.7 Å². The Morgan fingerprint density at radius 3 is 1.19 bits per heavy atom. The normalized spacial score (nSPS) is 16.7. The number of aliphatic hydroxyl groups excluding tert-OH is 8. The van der Waals surface area contributed by atoms with Crippen molar-refractivity contribution in [1.82, 2.24) is 30.7 Å². The number of hydrogen-bond donors (Lipinski definition) is 11. The molecule has 0 heterocycles. The molecule has 0 aromatic rings. The molecular formula is C49H106N6O8. The van der Waals surface area contributed by atoms with Crippen molar-refractivity contribution >= 4 is 0 Å². The van der Waals surface area contributed by atoms with Gasteiger partial charge in [-0.3, -0.25) is 15.1 Å². The number of nitrogens with zero attached hydrogens (tertiary/aromatic N) is 3. The fraction of sp³-hybridized carbons (Fsp3) is 1.00. The lowest BCUT2D eigenvalue weighted by Crippen LogP contribution is -2.43. The summed E-state index contributed by atoms with van der Waals surface area (Å²) in [5.74, 6) is 1.79. The Labute approximate surface area is 387 Å². The van der Waals surface area contributed by atoms with Gasteiger partial charge in [-0.1, -0.05) is 69.2 Å². The molecule has 0 aliphatic rings. The average Bonchev–Trinajstić information content (AvgIpc) is 3.15. The van der Waals surface area contributed by atoms with Gasteiger partial charge in [-0.2, -0.15) is 0 Å². The highest BCUT2D eigenvalue weighted by atomic mass is 16.3. The molecule has 0 fully saturated rings. The van der Waals surface area contributed by atoms with Crippen LogP contribution in [0.25, 0.3) is 0 Å². The van der Waals surface area contributed by atoms with Crippen LogP contribution in [0.1, 0.15) is 153 Å². The summed E-state index contributed by atoms with van der Waals surface area (Å²) in [6.45, 7) is 29.6. The van der Waals surface area contributed by atoms with Crippen LogP contribution in [0.4, 0.5) is 0 Å². The molecule has 0 spiro atoms. The molecule has 11 N–H and O–H groups in total. The average molecular weight is 907 g/mol. The minimum Gasteiger partial charge on any atom is -0.393 e. The fourth-order valence-electron chi connectivity index (χ4n) is 8.26. The summed E-state index contributed by atoms with van der Waals surface area (Å²) in [4.78, 5) is 6.62. The van der Waals surface area contributed by atoms with Gasteiger partial charge in [0.15, 0.2) is 0 Å². The van der Waals surface area contributed by atoms with Crippen LogP contribution in [0.5, 0.6) is 0 Å². The van der Waals surface area contributed by atoms with Crippen LogP contribution in [0.15, 0.2) is 0 Å². The lowest BCUT2D eigenvalue weighted by molar-refractivity contribution is 0.0527. The molecule has 8 unspecified atom stereocenters. The molecule has 0 aromatic carbocycles. The maximum atomic E-state index is 11.0. The van der Waals surface area contributed by atoms with Crippen molar-refractivity contribution < 1.29 is 40.9 Å². The monoisotopic (exact) mass is 907 g/mol. The summed E-state index contributed by atoms with van der Waals surface area (Å²) in [6.07, 6.45) is 3.96. The predicted octanol–water partition coefficient (Wildman–Crippen LogP) is 3.61. The Morgan fingerprint density at radius 1 is 0.381 bits per heavy atom. The molecule has 0 rings (SSSR count). The van der Waals surface area contributed by atoms with Crippen molar-refractivity contribution in [3.05, 3.63) is 0 Å². The lowest BCUT2D eigenvalue weighted by atomic mass is 10.00. The molecule has 380 valence electrons. The second-order valence-electron chi connectivity index (χ2n) is 20.9. The zero-order chi connectivity index (χ0) is 47.7. The molecule has 63 heavy (non-hydrogen) atoms. The van der Waals surface area contributed by atoms with Crippen molar-refractivity contribution in [3.8, 4) is 0 Å². The molecule has 0 aliphatic heterocycles. The van der Waals surface area contributed by atoms with E-state index in [2.05, 4.69) is 86.0 Å². The summed E-state index contributed by atoms with van der Waals surface area (Å²) in [5.41, 5.74) is 0. The molecule has 0 amide bonds. The summed E-state index contributed by atoms with van der Waals surface area (Å²) in [6, 6.07) is 0.343. The van der Waals surface area contributed by atoms with E-state index in [4.69, 9.17) is 0 Å².